The molecule has 0 saturated heterocycles. The van der Waals surface area contributed by atoms with Gasteiger partial charge in [-0.3, -0.25) is 4.79 Å². The molecule has 0 radical (unpaired) electrons. The predicted molar refractivity (Wildman–Crippen MR) is 93.7 cm³/mol. The summed E-state index contributed by atoms with van der Waals surface area (Å²) in [4.78, 5) is 16.2. The van der Waals surface area contributed by atoms with Gasteiger partial charge in [0.25, 0.3) is 0 Å². The van der Waals surface area contributed by atoms with Gasteiger partial charge in [0.05, 0.1) is 11.9 Å². The molecule has 1 amide bonds. The van der Waals surface area contributed by atoms with E-state index in [2.05, 4.69) is 25.8 Å². The van der Waals surface area contributed by atoms with Crippen LogP contribution in [0.1, 0.15) is 16.2 Å². The third kappa shape index (κ3) is 3.47. The Kier molecular flexibility index (Phi) is 4.36. The number of anilines is 1. The number of halogens is 2. The van der Waals surface area contributed by atoms with Crippen LogP contribution in [-0.4, -0.2) is 31.0 Å². The summed E-state index contributed by atoms with van der Waals surface area (Å²) >= 11 is 0. The number of carbonyl (C=O) groups excluding carboxylic acids is 1. The smallest absolute Gasteiger partial charge is 0.316 e. The van der Waals surface area contributed by atoms with Crippen molar-refractivity contribution in [3.05, 3.63) is 71.8 Å². The van der Waals surface area contributed by atoms with Crippen LogP contribution in [0.2, 0.25) is 0 Å². The molecule has 0 aliphatic heterocycles. The van der Waals surface area contributed by atoms with E-state index >= 15 is 0 Å². The van der Waals surface area contributed by atoms with Crippen molar-refractivity contribution in [1.82, 2.24) is 25.1 Å². The maximum Gasteiger partial charge on any atom is 0.316 e. The average molecular weight is 382 g/mol. The molecule has 2 aromatic carbocycles. The van der Waals surface area contributed by atoms with Gasteiger partial charge in [0.15, 0.2) is 5.69 Å². The Hall–Kier alpha value is -3.95. The van der Waals surface area contributed by atoms with Crippen molar-refractivity contribution in [1.29, 1.82) is 0 Å². The lowest BCUT2D eigenvalue weighted by Gasteiger charge is -2.03. The van der Waals surface area contributed by atoms with Gasteiger partial charge in [-0.15, -0.1) is 5.10 Å². The summed E-state index contributed by atoms with van der Waals surface area (Å²) in [5.74, 6) is -1.76. The fourth-order valence-electron chi connectivity index (χ4n) is 2.36. The number of rotatable bonds is 4. The van der Waals surface area contributed by atoms with Crippen molar-refractivity contribution in [3.8, 4) is 17.2 Å². The summed E-state index contributed by atoms with van der Waals surface area (Å²) in [5, 5.41) is 14.0. The van der Waals surface area contributed by atoms with Crippen molar-refractivity contribution >= 4 is 11.6 Å². The number of hydrogen-bond donors (Lipinski definition) is 1. The maximum atomic E-state index is 13.6. The minimum Gasteiger partial charge on any atom is -0.328 e. The van der Waals surface area contributed by atoms with E-state index < -0.39 is 11.7 Å². The zero-order chi connectivity index (χ0) is 19.7. The van der Waals surface area contributed by atoms with Crippen LogP contribution in [0.3, 0.4) is 0 Å². The second-order valence-electron chi connectivity index (χ2n) is 5.87. The zero-order valence-electron chi connectivity index (χ0n) is 14.4. The fraction of sp³-hybridized carbons (Fsp3) is 0.0556. The molecule has 28 heavy (non-hydrogen) atoms. The minimum atomic E-state index is -0.687. The molecule has 0 saturated carbocycles. The maximum absolute atomic E-state index is 13.6. The monoisotopic (exact) mass is 382 g/mol. The third-order valence-electron chi connectivity index (χ3n) is 3.86. The van der Waals surface area contributed by atoms with Gasteiger partial charge < -0.3 is 9.84 Å². The first-order valence-electron chi connectivity index (χ1n) is 8.09. The summed E-state index contributed by atoms with van der Waals surface area (Å²) in [6.45, 7) is 1.62. The number of aromatic nitrogens is 5. The van der Waals surface area contributed by atoms with Crippen LogP contribution in [0.25, 0.3) is 17.2 Å². The molecule has 2 heterocycles. The molecule has 0 atom stereocenters. The first kappa shape index (κ1) is 17.5. The summed E-state index contributed by atoms with van der Waals surface area (Å²) in [6.07, 6.45) is 1.51. The molecule has 4 rings (SSSR count). The normalized spacial score (nSPS) is 10.8. The highest BCUT2D eigenvalue weighted by atomic mass is 19.1. The van der Waals surface area contributed by atoms with Gasteiger partial charge in [-0.2, -0.15) is 4.98 Å². The molecule has 0 spiro atoms. The summed E-state index contributed by atoms with van der Waals surface area (Å²) < 4.78 is 32.9. The molecular formula is C18H12F2N6O2. The van der Waals surface area contributed by atoms with Crippen LogP contribution in [0.5, 0.6) is 0 Å². The molecule has 140 valence electrons. The fourth-order valence-corrected chi connectivity index (χ4v) is 2.36. The number of amides is 1. The lowest BCUT2D eigenvalue weighted by molar-refractivity contribution is 0.0981. The van der Waals surface area contributed by atoms with Gasteiger partial charge in [-0.25, -0.2) is 13.5 Å². The van der Waals surface area contributed by atoms with Crippen molar-refractivity contribution in [2.24, 2.45) is 0 Å². The van der Waals surface area contributed by atoms with Crippen LogP contribution >= 0.6 is 0 Å². The highest BCUT2D eigenvalue weighted by molar-refractivity contribution is 6.01. The average Bonchev–Trinajstić information content (AvgIpc) is 3.35. The third-order valence-corrected chi connectivity index (χ3v) is 3.86. The van der Waals surface area contributed by atoms with Gasteiger partial charge in [0.2, 0.25) is 5.82 Å². The Bertz CT molecular complexity index is 1150. The molecule has 0 fully saturated rings. The second kappa shape index (κ2) is 6.99. The van der Waals surface area contributed by atoms with E-state index in [1.54, 1.807) is 13.0 Å². The van der Waals surface area contributed by atoms with Gasteiger partial charge >= 0.3 is 11.8 Å². The van der Waals surface area contributed by atoms with Crippen molar-refractivity contribution < 1.29 is 18.1 Å². The molecule has 2 aromatic heterocycles. The predicted octanol–water partition coefficient (Wildman–Crippen LogP) is 3.16. The largest absolute Gasteiger partial charge is 0.328 e. The quantitative estimate of drug-likeness (QED) is 0.582. The zero-order valence-corrected chi connectivity index (χ0v) is 14.4. The van der Waals surface area contributed by atoms with Crippen molar-refractivity contribution in [2.45, 2.75) is 6.92 Å². The summed E-state index contributed by atoms with van der Waals surface area (Å²) in [5.41, 5.74) is 1.56. The standard InChI is InChI=1S/C18H12F2N6O2/c1-10-2-5-12(8-14(10)20)21-17(27)18-22-16(24-28-18)15-9-26(25-23-15)13-6-3-11(19)4-7-13/h2-9H,1H3,(H,21,27). The van der Waals surface area contributed by atoms with Gasteiger partial charge in [-0.05, 0) is 48.9 Å². The molecule has 8 nitrogen and oxygen atoms in total. The van der Waals surface area contributed by atoms with Gasteiger partial charge in [0.1, 0.15) is 11.6 Å². The topological polar surface area (TPSA) is 98.7 Å². The molecule has 10 heteroatoms. The Morgan fingerprint density at radius 3 is 2.68 bits per heavy atom. The second-order valence-corrected chi connectivity index (χ2v) is 5.87. The van der Waals surface area contributed by atoms with E-state index in [0.717, 1.165) is 0 Å². The SMILES string of the molecule is Cc1ccc(NC(=O)c2nc(-c3cn(-c4ccc(F)cc4)nn3)no2)cc1F. The summed E-state index contributed by atoms with van der Waals surface area (Å²) in [7, 11) is 0. The molecule has 0 aliphatic carbocycles. The Labute approximate surface area is 156 Å². The molecule has 1 N–H and O–H groups in total. The highest BCUT2D eigenvalue weighted by Gasteiger charge is 2.19. The number of hydrogen-bond acceptors (Lipinski definition) is 6. The van der Waals surface area contributed by atoms with Crippen molar-refractivity contribution in [3.63, 3.8) is 0 Å². The lowest BCUT2D eigenvalue weighted by Crippen LogP contribution is -2.12. The van der Waals surface area contributed by atoms with Crippen LogP contribution in [-0.2, 0) is 0 Å². The van der Waals surface area contributed by atoms with Gasteiger partial charge in [-0.1, -0.05) is 16.4 Å². The van der Waals surface area contributed by atoms with E-state index in [1.807, 2.05) is 0 Å². The van der Waals surface area contributed by atoms with E-state index in [1.165, 1.54) is 47.3 Å². The first-order chi connectivity index (χ1) is 13.5. The number of nitrogens with one attached hydrogen (secondary N) is 1. The van der Waals surface area contributed by atoms with Crippen LogP contribution in [0.4, 0.5) is 14.5 Å². The Balaban J connectivity index is 1.52. The number of benzene rings is 2. The lowest BCUT2D eigenvalue weighted by atomic mass is 10.2. The Morgan fingerprint density at radius 2 is 1.93 bits per heavy atom. The molecular weight excluding hydrogens is 370 g/mol. The van der Waals surface area contributed by atoms with E-state index in [0.29, 0.717) is 11.3 Å². The number of carbonyl (C=O) groups is 1. The van der Waals surface area contributed by atoms with Crippen LogP contribution in [0, 0.1) is 18.6 Å². The van der Waals surface area contributed by atoms with E-state index in [-0.39, 0.29) is 28.9 Å². The first-order valence-corrected chi connectivity index (χ1v) is 8.09. The Morgan fingerprint density at radius 1 is 1.14 bits per heavy atom. The van der Waals surface area contributed by atoms with Crippen molar-refractivity contribution in [2.75, 3.05) is 5.32 Å². The summed E-state index contributed by atoms with van der Waals surface area (Å²) in [6, 6.07) is 9.94. The minimum absolute atomic E-state index is 0.0496. The van der Waals surface area contributed by atoms with Gasteiger partial charge in [0, 0.05) is 5.69 Å². The van der Waals surface area contributed by atoms with E-state index in [4.69, 9.17) is 4.52 Å². The number of nitrogens with zero attached hydrogens (tertiary/aromatic N) is 5. The van der Waals surface area contributed by atoms with E-state index in [9.17, 15) is 13.6 Å². The molecule has 0 aliphatic rings. The van der Waals surface area contributed by atoms with Crippen LogP contribution < -0.4 is 5.32 Å². The molecule has 4 aromatic rings. The molecule has 0 bridgehead atoms. The van der Waals surface area contributed by atoms with Crippen LogP contribution in [0.15, 0.2) is 53.2 Å². The highest BCUT2D eigenvalue weighted by Crippen LogP contribution is 2.17. The number of aryl methyl sites for hydroxylation is 1. The molecule has 0 unspecified atom stereocenters.